The maximum absolute atomic E-state index is 14.6. The monoisotopic (exact) mass is 1020 g/mol. The quantitative estimate of drug-likeness (QED) is 0.0379. The van der Waals surface area contributed by atoms with Gasteiger partial charge in [0.2, 0.25) is 41.4 Å². The fraction of sp³-hybridized carbons (Fsp3) is 0.549. The number of para-hydroxylation sites is 1. The van der Waals surface area contributed by atoms with Crippen LogP contribution in [0.2, 0.25) is 0 Å². The summed E-state index contributed by atoms with van der Waals surface area (Å²) in [5.74, 6) is -9.37. The van der Waals surface area contributed by atoms with Crippen LogP contribution in [0.5, 0.6) is 0 Å². The standard InChI is InChI=1S/C51H76N10O12/c1-28(2)20-37(57-49(70)40(25-43(63)64)59-50(71)42(27-62)61-44(65)34(53)23-31-14-8-7-9-15-31)46(67)58-39(24-32-26-54-35-17-11-10-16-33(32)35)48(69)55-36(18-12-13-19-52)45(66)56-38(21-29(3)4)47(68)60-41(51(72)73)22-30(5)6/h7-11,14-17,26,28-30,34,36-42,54,62H,12-13,18-25,27,52-53H2,1-6H3,(H,55,69)(H,56,66)(H,57,70)(H,58,67)(H,59,71)(H,60,68)(H,61,65)(H,63,64)(H,72,73)/t34-,36-,37-,38-,39-,40-,41-,42-/m0/s1. The molecule has 402 valence electrons. The van der Waals surface area contributed by atoms with Crippen molar-refractivity contribution in [3.8, 4) is 0 Å². The van der Waals surface area contributed by atoms with Crippen molar-refractivity contribution in [2.24, 2.45) is 29.2 Å². The third kappa shape index (κ3) is 20.6. The van der Waals surface area contributed by atoms with Gasteiger partial charge < -0.3 is 69.0 Å². The fourth-order valence-corrected chi connectivity index (χ4v) is 8.04. The number of carboxylic acids is 2. The summed E-state index contributed by atoms with van der Waals surface area (Å²) in [6.07, 6.45) is 1.80. The molecule has 22 nitrogen and oxygen atoms in total. The Balaban J connectivity index is 1.93. The number of fused-ring (bicyclic) bond motifs is 1. The molecule has 0 spiro atoms. The summed E-state index contributed by atoms with van der Waals surface area (Å²) in [7, 11) is 0. The lowest BCUT2D eigenvalue weighted by atomic mass is 9.99. The van der Waals surface area contributed by atoms with Crippen molar-refractivity contribution < 1.29 is 58.5 Å². The molecule has 0 aliphatic heterocycles. The number of H-pyrrole nitrogens is 1. The van der Waals surface area contributed by atoms with Crippen LogP contribution < -0.4 is 48.7 Å². The summed E-state index contributed by atoms with van der Waals surface area (Å²) in [5.41, 5.74) is 13.9. The zero-order valence-electron chi connectivity index (χ0n) is 42.6. The highest BCUT2D eigenvalue weighted by Crippen LogP contribution is 2.20. The normalized spacial score (nSPS) is 14.7. The van der Waals surface area contributed by atoms with E-state index in [0.29, 0.717) is 18.4 Å². The van der Waals surface area contributed by atoms with Crippen molar-refractivity contribution in [3.05, 3.63) is 71.9 Å². The van der Waals surface area contributed by atoms with E-state index in [9.17, 15) is 58.5 Å². The molecule has 22 heteroatoms. The molecule has 0 bridgehead atoms. The summed E-state index contributed by atoms with van der Waals surface area (Å²) in [5, 5.41) is 48.2. The van der Waals surface area contributed by atoms with Gasteiger partial charge in [0.1, 0.15) is 42.3 Å². The predicted octanol–water partition coefficient (Wildman–Crippen LogP) is 0.493. The van der Waals surface area contributed by atoms with Crippen molar-refractivity contribution in [1.82, 2.24) is 42.2 Å². The minimum Gasteiger partial charge on any atom is -0.481 e. The zero-order chi connectivity index (χ0) is 54.4. The molecular weight excluding hydrogens is 945 g/mol. The predicted molar refractivity (Wildman–Crippen MR) is 272 cm³/mol. The first-order chi connectivity index (χ1) is 34.5. The maximum atomic E-state index is 14.6. The Kier molecular flexibility index (Phi) is 25.0. The molecule has 3 rings (SSSR count). The first kappa shape index (κ1) is 60.4. The lowest BCUT2D eigenvalue weighted by molar-refractivity contribution is -0.143. The molecule has 1 heterocycles. The molecule has 73 heavy (non-hydrogen) atoms. The second-order valence-electron chi connectivity index (χ2n) is 19.6. The van der Waals surface area contributed by atoms with Crippen LogP contribution in [0.25, 0.3) is 10.9 Å². The van der Waals surface area contributed by atoms with E-state index in [1.54, 1.807) is 62.5 Å². The van der Waals surface area contributed by atoms with E-state index in [-0.39, 0.29) is 62.8 Å². The van der Waals surface area contributed by atoms with E-state index in [1.807, 2.05) is 39.8 Å². The van der Waals surface area contributed by atoms with Crippen LogP contribution >= 0.6 is 0 Å². The molecule has 0 saturated heterocycles. The number of aliphatic hydroxyl groups is 1. The van der Waals surface area contributed by atoms with Gasteiger partial charge in [-0.25, -0.2) is 4.79 Å². The van der Waals surface area contributed by atoms with E-state index >= 15 is 0 Å². The molecular formula is C51H76N10O12. The average molecular weight is 1020 g/mol. The summed E-state index contributed by atoms with van der Waals surface area (Å²) in [4.78, 5) is 124. The molecule has 0 fully saturated rings. The van der Waals surface area contributed by atoms with Gasteiger partial charge in [-0.2, -0.15) is 0 Å². The topological polar surface area (TPSA) is 366 Å². The van der Waals surface area contributed by atoms with Crippen LogP contribution in [-0.2, 0) is 56.0 Å². The number of hydrogen-bond donors (Lipinski definition) is 13. The third-order valence-corrected chi connectivity index (χ3v) is 11.8. The second-order valence-corrected chi connectivity index (χ2v) is 19.6. The number of carbonyl (C=O) groups excluding carboxylic acids is 7. The number of amides is 7. The molecule has 0 aliphatic rings. The van der Waals surface area contributed by atoms with E-state index in [4.69, 9.17) is 11.5 Å². The number of nitrogens with two attached hydrogens (primary N) is 2. The first-order valence-electron chi connectivity index (χ1n) is 24.8. The average Bonchev–Trinajstić information content (AvgIpc) is 3.73. The van der Waals surface area contributed by atoms with Crippen LogP contribution in [0.4, 0.5) is 0 Å². The Bertz CT molecular complexity index is 2320. The maximum Gasteiger partial charge on any atom is 0.326 e. The van der Waals surface area contributed by atoms with Gasteiger partial charge in [-0.1, -0.05) is 90.1 Å². The molecule has 0 aliphatic carbocycles. The Morgan fingerprint density at radius 3 is 1.53 bits per heavy atom. The zero-order valence-corrected chi connectivity index (χ0v) is 42.6. The van der Waals surface area contributed by atoms with Gasteiger partial charge in [0.15, 0.2) is 0 Å². The Morgan fingerprint density at radius 2 is 0.986 bits per heavy atom. The lowest BCUT2D eigenvalue weighted by Crippen LogP contribution is -2.61. The summed E-state index contributed by atoms with van der Waals surface area (Å²) >= 11 is 0. The van der Waals surface area contributed by atoms with E-state index < -0.39 is 115 Å². The van der Waals surface area contributed by atoms with Crippen LogP contribution in [0.15, 0.2) is 60.8 Å². The number of rotatable bonds is 32. The van der Waals surface area contributed by atoms with Crippen LogP contribution in [0.3, 0.4) is 0 Å². The van der Waals surface area contributed by atoms with Crippen molar-refractivity contribution >= 4 is 64.2 Å². The minimum atomic E-state index is -1.82. The number of nitrogens with one attached hydrogen (secondary N) is 8. The molecule has 2 aromatic carbocycles. The highest BCUT2D eigenvalue weighted by Gasteiger charge is 2.36. The number of aliphatic hydroxyl groups excluding tert-OH is 1. The molecule has 15 N–H and O–H groups in total. The number of hydrogen-bond acceptors (Lipinski definition) is 12. The van der Waals surface area contributed by atoms with Crippen molar-refractivity contribution in [2.45, 2.75) is 148 Å². The molecule has 0 saturated carbocycles. The highest BCUT2D eigenvalue weighted by atomic mass is 16.4. The van der Waals surface area contributed by atoms with Gasteiger partial charge in [0.05, 0.1) is 19.1 Å². The molecule has 0 unspecified atom stereocenters. The van der Waals surface area contributed by atoms with Crippen molar-refractivity contribution in [3.63, 3.8) is 0 Å². The number of carbonyl (C=O) groups is 9. The van der Waals surface area contributed by atoms with Gasteiger partial charge in [0, 0.05) is 23.5 Å². The summed E-state index contributed by atoms with van der Waals surface area (Å²) in [6.45, 7) is 10.1. The van der Waals surface area contributed by atoms with Gasteiger partial charge in [-0.3, -0.25) is 38.4 Å². The number of aliphatic carboxylic acids is 2. The number of aromatic amines is 1. The van der Waals surface area contributed by atoms with E-state index in [2.05, 4.69) is 42.2 Å². The fourth-order valence-electron chi connectivity index (χ4n) is 8.04. The smallest absolute Gasteiger partial charge is 0.326 e. The van der Waals surface area contributed by atoms with Crippen molar-refractivity contribution in [1.29, 1.82) is 0 Å². The Labute approximate surface area is 425 Å². The number of benzene rings is 2. The van der Waals surface area contributed by atoms with Gasteiger partial charge in [-0.05, 0) is 86.4 Å². The van der Waals surface area contributed by atoms with Gasteiger partial charge in [-0.15, -0.1) is 0 Å². The molecule has 1 aromatic heterocycles. The lowest BCUT2D eigenvalue weighted by Gasteiger charge is -2.28. The van der Waals surface area contributed by atoms with Crippen LogP contribution in [0, 0.1) is 17.8 Å². The molecule has 7 amide bonds. The van der Waals surface area contributed by atoms with Gasteiger partial charge >= 0.3 is 11.9 Å². The van der Waals surface area contributed by atoms with E-state index in [1.165, 1.54) is 0 Å². The van der Waals surface area contributed by atoms with Gasteiger partial charge in [0.25, 0.3) is 0 Å². The summed E-state index contributed by atoms with van der Waals surface area (Å²) < 4.78 is 0. The Hall–Kier alpha value is -6.91. The number of carboxylic acid groups (broad SMARTS) is 2. The summed E-state index contributed by atoms with van der Waals surface area (Å²) in [6, 6.07) is 4.91. The minimum absolute atomic E-state index is 0.0370. The first-order valence-corrected chi connectivity index (χ1v) is 24.8. The third-order valence-electron chi connectivity index (χ3n) is 11.8. The van der Waals surface area contributed by atoms with Crippen molar-refractivity contribution in [2.75, 3.05) is 13.2 Å². The Morgan fingerprint density at radius 1 is 0.534 bits per heavy atom. The highest BCUT2D eigenvalue weighted by molar-refractivity contribution is 5.99. The molecule has 0 radical (unpaired) electrons. The SMILES string of the molecule is CC(C)C[C@H](NC(=O)[C@H](CC(C)C)NC(=O)[C@H](CCCCN)NC(=O)[C@H](Cc1c[nH]c2ccccc12)NC(=O)[C@H](CC(C)C)NC(=O)[C@H](CC(=O)O)NC(=O)[C@H](CO)NC(=O)[C@@H](N)Cc1ccccc1)C(=O)O. The number of aromatic nitrogens is 1. The largest absolute Gasteiger partial charge is 0.481 e. The van der Waals surface area contributed by atoms with Crippen LogP contribution in [-0.4, -0.2) is 135 Å². The molecule has 8 atom stereocenters. The van der Waals surface area contributed by atoms with E-state index in [0.717, 1.165) is 16.5 Å². The number of unbranched alkanes of at least 4 members (excludes halogenated alkanes) is 1. The van der Waals surface area contributed by atoms with Crippen LogP contribution in [0.1, 0.15) is 97.6 Å². The second kappa shape index (κ2) is 30.2. The molecule has 3 aromatic rings.